The average Bonchev–Trinajstić information content (AvgIpc) is 2.96. The lowest BCUT2D eigenvalue weighted by atomic mass is 10.1. The molecule has 2 N–H and O–H groups in total. The molecule has 2 aromatic rings. The van der Waals surface area contributed by atoms with E-state index in [1.165, 1.54) is 11.1 Å². The summed E-state index contributed by atoms with van der Waals surface area (Å²) in [6.07, 6.45) is 1.47. The molecule has 1 aliphatic rings. The summed E-state index contributed by atoms with van der Waals surface area (Å²) in [6.45, 7) is 6.22. The van der Waals surface area contributed by atoms with E-state index in [0.29, 0.717) is 6.54 Å². The lowest BCUT2D eigenvalue weighted by molar-refractivity contribution is 0.0148. The lowest BCUT2D eigenvalue weighted by Gasteiger charge is -2.31. The molecule has 0 bridgehead atoms. The molecule has 0 fully saturated rings. The van der Waals surface area contributed by atoms with E-state index >= 15 is 0 Å². The third-order valence-corrected chi connectivity index (χ3v) is 4.43. The van der Waals surface area contributed by atoms with Gasteiger partial charge in [-0.05, 0) is 62.4 Å². The van der Waals surface area contributed by atoms with E-state index in [1.807, 2.05) is 49.9 Å². The summed E-state index contributed by atoms with van der Waals surface area (Å²) in [5.74, 6) is 0. The zero-order valence-corrected chi connectivity index (χ0v) is 15.2. The summed E-state index contributed by atoms with van der Waals surface area (Å²) < 4.78 is 5.67. The van der Waals surface area contributed by atoms with Crippen LogP contribution in [0.3, 0.4) is 0 Å². The van der Waals surface area contributed by atoms with Crippen molar-refractivity contribution in [2.75, 3.05) is 5.73 Å². The van der Waals surface area contributed by atoms with Crippen LogP contribution < -0.4 is 5.73 Å². The Labute approximate surface area is 149 Å². The smallest absolute Gasteiger partial charge is 0.410 e. The van der Waals surface area contributed by atoms with Gasteiger partial charge in [0.1, 0.15) is 5.60 Å². The zero-order chi connectivity index (χ0) is 18.0. The first kappa shape index (κ1) is 17.3. The minimum atomic E-state index is -0.512. The molecule has 25 heavy (non-hydrogen) atoms. The number of benzene rings is 2. The Morgan fingerprint density at radius 3 is 2.16 bits per heavy atom. The Morgan fingerprint density at radius 2 is 1.64 bits per heavy atom. The van der Waals surface area contributed by atoms with Crippen molar-refractivity contribution >= 4 is 11.8 Å². The summed E-state index contributed by atoms with van der Waals surface area (Å²) in [7, 11) is 0. The molecule has 0 radical (unpaired) electrons. The maximum absolute atomic E-state index is 12.8. The third kappa shape index (κ3) is 4.32. The summed E-state index contributed by atoms with van der Waals surface area (Å²) in [5, 5.41) is 0. The topological polar surface area (TPSA) is 55.6 Å². The van der Waals surface area contributed by atoms with Crippen molar-refractivity contribution in [2.24, 2.45) is 0 Å². The van der Waals surface area contributed by atoms with Crippen LogP contribution in [0.25, 0.3) is 0 Å². The molecule has 3 rings (SSSR count). The fraction of sp³-hybridized carbons (Fsp3) is 0.381. The molecule has 2 aromatic carbocycles. The van der Waals surface area contributed by atoms with E-state index in [4.69, 9.17) is 10.5 Å². The molecule has 0 aliphatic heterocycles. The molecule has 1 amide bonds. The van der Waals surface area contributed by atoms with Gasteiger partial charge in [-0.3, -0.25) is 0 Å². The molecule has 4 nitrogen and oxygen atoms in total. The Balaban J connectivity index is 1.82. The fourth-order valence-corrected chi connectivity index (χ4v) is 3.24. The van der Waals surface area contributed by atoms with Gasteiger partial charge in [-0.15, -0.1) is 0 Å². The molecule has 0 saturated carbocycles. The number of ether oxygens (including phenoxy) is 1. The summed E-state index contributed by atoms with van der Waals surface area (Å²) >= 11 is 0. The highest BCUT2D eigenvalue weighted by Gasteiger charge is 2.32. The number of nitrogens with zero attached hydrogens (tertiary/aromatic N) is 1. The van der Waals surface area contributed by atoms with Crippen LogP contribution in [-0.4, -0.2) is 22.6 Å². The number of anilines is 1. The molecular weight excluding hydrogens is 312 g/mol. The second-order valence-corrected chi connectivity index (χ2v) is 7.68. The minimum Gasteiger partial charge on any atom is -0.444 e. The Morgan fingerprint density at radius 1 is 1.08 bits per heavy atom. The predicted molar refractivity (Wildman–Crippen MR) is 100 cm³/mol. The van der Waals surface area contributed by atoms with Crippen molar-refractivity contribution in [3.8, 4) is 0 Å². The maximum Gasteiger partial charge on any atom is 0.410 e. The number of amides is 1. The van der Waals surface area contributed by atoms with E-state index in [-0.39, 0.29) is 12.1 Å². The maximum atomic E-state index is 12.8. The van der Waals surface area contributed by atoms with Crippen molar-refractivity contribution in [1.82, 2.24) is 4.90 Å². The van der Waals surface area contributed by atoms with Gasteiger partial charge in [0.05, 0.1) is 0 Å². The first-order valence-corrected chi connectivity index (χ1v) is 8.72. The zero-order valence-electron chi connectivity index (χ0n) is 15.2. The average molecular weight is 338 g/mol. The summed E-state index contributed by atoms with van der Waals surface area (Å²) in [5.41, 5.74) is 9.67. The normalized spacial score (nSPS) is 14.2. The van der Waals surface area contributed by atoms with Gasteiger partial charge < -0.3 is 15.4 Å². The number of carbonyl (C=O) groups is 1. The number of hydrogen-bond donors (Lipinski definition) is 1. The molecular formula is C21H26N2O2. The van der Waals surface area contributed by atoms with Crippen molar-refractivity contribution in [3.63, 3.8) is 0 Å². The number of fused-ring (bicyclic) bond motifs is 1. The van der Waals surface area contributed by atoms with Gasteiger partial charge in [0, 0.05) is 18.3 Å². The van der Waals surface area contributed by atoms with Crippen molar-refractivity contribution in [3.05, 3.63) is 65.2 Å². The highest BCUT2D eigenvalue weighted by atomic mass is 16.6. The van der Waals surface area contributed by atoms with E-state index in [9.17, 15) is 4.79 Å². The van der Waals surface area contributed by atoms with Gasteiger partial charge in [-0.2, -0.15) is 0 Å². The SMILES string of the molecule is CC(C)(C)OC(=O)N(Cc1ccc(N)cc1)C1Cc2ccccc2C1. The Bertz CT molecular complexity index is 722. The van der Waals surface area contributed by atoms with Crippen molar-refractivity contribution < 1.29 is 9.53 Å². The van der Waals surface area contributed by atoms with Gasteiger partial charge in [-0.1, -0.05) is 36.4 Å². The summed E-state index contributed by atoms with van der Waals surface area (Å²) in [6, 6.07) is 16.2. The second kappa shape index (κ2) is 6.79. The van der Waals surface area contributed by atoms with Crippen LogP contribution in [0.15, 0.2) is 48.5 Å². The molecule has 0 heterocycles. The van der Waals surface area contributed by atoms with Crippen LogP contribution in [0.2, 0.25) is 0 Å². The number of nitrogens with two attached hydrogens (primary N) is 1. The van der Waals surface area contributed by atoms with Crippen molar-refractivity contribution in [2.45, 2.75) is 51.8 Å². The third-order valence-electron chi connectivity index (χ3n) is 4.43. The molecule has 0 atom stereocenters. The fourth-order valence-electron chi connectivity index (χ4n) is 3.24. The van der Waals surface area contributed by atoms with Crippen LogP contribution in [-0.2, 0) is 24.1 Å². The van der Waals surface area contributed by atoms with E-state index in [0.717, 1.165) is 24.1 Å². The van der Waals surface area contributed by atoms with Crippen LogP contribution in [0.1, 0.15) is 37.5 Å². The number of rotatable bonds is 3. The molecule has 0 spiro atoms. The van der Waals surface area contributed by atoms with Crippen LogP contribution >= 0.6 is 0 Å². The second-order valence-electron chi connectivity index (χ2n) is 7.68. The first-order chi connectivity index (χ1) is 11.8. The molecule has 0 saturated heterocycles. The van der Waals surface area contributed by atoms with Gasteiger partial charge in [0.25, 0.3) is 0 Å². The van der Waals surface area contributed by atoms with Gasteiger partial charge in [0.2, 0.25) is 0 Å². The van der Waals surface area contributed by atoms with Crippen molar-refractivity contribution in [1.29, 1.82) is 0 Å². The Kier molecular flexibility index (Phi) is 4.71. The molecule has 0 unspecified atom stereocenters. The molecule has 132 valence electrons. The first-order valence-electron chi connectivity index (χ1n) is 8.72. The summed E-state index contributed by atoms with van der Waals surface area (Å²) in [4.78, 5) is 14.7. The monoisotopic (exact) mass is 338 g/mol. The number of carbonyl (C=O) groups excluding carboxylic acids is 1. The van der Waals surface area contributed by atoms with Gasteiger partial charge in [-0.25, -0.2) is 4.79 Å². The predicted octanol–water partition coefficient (Wildman–Crippen LogP) is 4.17. The number of hydrogen-bond acceptors (Lipinski definition) is 3. The largest absolute Gasteiger partial charge is 0.444 e. The van der Waals surface area contributed by atoms with Crippen LogP contribution in [0.5, 0.6) is 0 Å². The quantitative estimate of drug-likeness (QED) is 0.855. The highest BCUT2D eigenvalue weighted by molar-refractivity contribution is 5.69. The Hall–Kier alpha value is -2.49. The highest BCUT2D eigenvalue weighted by Crippen LogP contribution is 2.28. The molecule has 4 heteroatoms. The van der Waals surface area contributed by atoms with Crippen LogP contribution in [0, 0.1) is 0 Å². The van der Waals surface area contributed by atoms with E-state index in [2.05, 4.69) is 24.3 Å². The lowest BCUT2D eigenvalue weighted by Crippen LogP contribution is -2.43. The molecule has 1 aliphatic carbocycles. The van der Waals surface area contributed by atoms with E-state index < -0.39 is 5.60 Å². The minimum absolute atomic E-state index is 0.116. The standard InChI is InChI=1S/C21H26N2O2/c1-21(2,3)25-20(24)23(14-15-8-10-18(22)11-9-15)19-12-16-6-4-5-7-17(16)13-19/h4-11,19H,12-14,22H2,1-3H3. The molecule has 0 aromatic heterocycles. The van der Waals surface area contributed by atoms with Gasteiger partial charge >= 0.3 is 6.09 Å². The van der Waals surface area contributed by atoms with E-state index in [1.54, 1.807) is 0 Å². The van der Waals surface area contributed by atoms with Gasteiger partial charge in [0.15, 0.2) is 0 Å². The number of nitrogen functional groups attached to an aromatic ring is 1. The van der Waals surface area contributed by atoms with Crippen LogP contribution in [0.4, 0.5) is 10.5 Å².